The number of benzene rings is 2. The van der Waals surface area contributed by atoms with E-state index in [0.717, 1.165) is 24.7 Å². The summed E-state index contributed by atoms with van der Waals surface area (Å²) in [5.41, 5.74) is 2.81. The second-order valence-corrected chi connectivity index (χ2v) is 5.23. The van der Waals surface area contributed by atoms with Crippen molar-refractivity contribution in [3.8, 4) is 0 Å². The lowest BCUT2D eigenvalue weighted by Crippen LogP contribution is -2.18. The van der Waals surface area contributed by atoms with E-state index in [9.17, 15) is 14.4 Å². The van der Waals surface area contributed by atoms with E-state index >= 15 is 0 Å². The third-order valence-corrected chi connectivity index (χ3v) is 3.45. The molecular weight excluding hydrogens is 292 g/mol. The van der Waals surface area contributed by atoms with Crippen molar-refractivity contribution < 1.29 is 14.4 Å². The zero-order valence-corrected chi connectivity index (χ0v) is 12.9. The third kappa shape index (κ3) is 4.78. The number of aldehydes is 1. The molecule has 5 nitrogen and oxygen atoms in total. The summed E-state index contributed by atoms with van der Waals surface area (Å²) < 4.78 is 0. The van der Waals surface area contributed by atoms with Crippen molar-refractivity contribution in [2.75, 3.05) is 18.9 Å². The largest absolute Gasteiger partial charge is 0.348 e. The van der Waals surface area contributed by atoms with Gasteiger partial charge in [-0.1, -0.05) is 24.3 Å². The molecular formula is C18H18N2O3. The summed E-state index contributed by atoms with van der Waals surface area (Å²) in [6.45, 7) is 0.651. The van der Waals surface area contributed by atoms with Gasteiger partial charge in [0.15, 0.2) is 0 Å². The maximum absolute atomic E-state index is 12.1. The molecule has 2 rings (SSSR count). The molecule has 2 amide bonds. The highest BCUT2D eigenvalue weighted by Gasteiger charge is 2.06. The molecule has 0 radical (unpaired) electrons. The molecule has 0 spiro atoms. The summed E-state index contributed by atoms with van der Waals surface area (Å²) in [5, 5.41) is 2.81. The van der Waals surface area contributed by atoms with Crippen LogP contribution in [-0.4, -0.2) is 37.1 Å². The average molecular weight is 310 g/mol. The van der Waals surface area contributed by atoms with Crippen molar-refractivity contribution in [2.24, 2.45) is 0 Å². The lowest BCUT2D eigenvalue weighted by atomic mass is 10.1. The monoisotopic (exact) mass is 310 g/mol. The van der Waals surface area contributed by atoms with E-state index in [2.05, 4.69) is 5.32 Å². The summed E-state index contributed by atoms with van der Waals surface area (Å²) in [7, 11) is 1.73. The van der Waals surface area contributed by atoms with E-state index in [0.29, 0.717) is 23.4 Å². The van der Waals surface area contributed by atoms with Crippen LogP contribution in [0, 0.1) is 0 Å². The zero-order chi connectivity index (χ0) is 16.7. The minimum Gasteiger partial charge on any atom is -0.348 e. The van der Waals surface area contributed by atoms with E-state index in [1.165, 1.54) is 0 Å². The zero-order valence-electron chi connectivity index (χ0n) is 12.9. The topological polar surface area (TPSA) is 66.5 Å². The first-order valence-corrected chi connectivity index (χ1v) is 7.23. The van der Waals surface area contributed by atoms with Crippen LogP contribution in [0.3, 0.4) is 0 Å². The standard InChI is InChI=1S/C18H18N2O3/c1-20(13-22)11-10-14-4-8-17(9-5-14)19-18(23)16-6-2-15(12-21)3-7-16/h2-9,12-13H,10-11H2,1H3,(H,19,23). The minimum atomic E-state index is -0.226. The van der Waals surface area contributed by atoms with Crippen LogP contribution in [0.4, 0.5) is 5.69 Å². The van der Waals surface area contributed by atoms with Gasteiger partial charge in [0.05, 0.1) is 0 Å². The van der Waals surface area contributed by atoms with Gasteiger partial charge in [-0.15, -0.1) is 0 Å². The Bertz CT molecular complexity index is 678. The molecule has 23 heavy (non-hydrogen) atoms. The van der Waals surface area contributed by atoms with Crippen molar-refractivity contribution in [2.45, 2.75) is 6.42 Å². The molecule has 0 aromatic heterocycles. The number of amides is 2. The van der Waals surface area contributed by atoms with Crippen LogP contribution in [0.5, 0.6) is 0 Å². The Balaban J connectivity index is 1.95. The van der Waals surface area contributed by atoms with Crippen LogP contribution in [-0.2, 0) is 11.2 Å². The smallest absolute Gasteiger partial charge is 0.255 e. The molecule has 2 aromatic rings. The molecule has 0 unspecified atom stereocenters. The molecule has 1 N–H and O–H groups in total. The fourth-order valence-electron chi connectivity index (χ4n) is 2.03. The number of hydrogen-bond acceptors (Lipinski definition) is 3. The lowest BCUT2D eigenvalue weighted by Gasteiger charge is -2.10. The van der Waals surface area contributed by atoms with Gasteiger partial charge in [-0.3, -0.25) is 14.4 Å². The van der Waals surface area contributed by atoms with Gasteiger partial charge >= 0.3 is 0 Å². The summed E-state index contributed by atoms with van der Waals surface area (Å²) in [6.07, 6.45) is 2.30. The number of rotatable bonds is 7. The minimum absolute atomic E-state index is 0.226. The van der Waals surface area contributed by atoms with Crippen molar-refractivity contribution >= 4 is 24.3 Å². The van der Waals surface area contributed by atoms with Crippen LogP contribution in [0.25, 0.3) is 0 Å². The average Bonchev–Trinajstić information content (AvgIpc) is 2.60. The highest BCUT2D eigenvalue weighted by atomic mass is 16.1. The Kier molecular flexibility index (Phi) is 5.63. The summed E-state index contributed by atoms with van der Waals surface area (Å²) in [4.78, 5) is 34.8. The van der Waals surface area contributed by atoms with Crippen LogP contribution in [0.15, 0.2) is 48.5 Å². The first-order chi connectivity index (χ1) is 11.1. The fraction of sp³-hybridized carbons (Fsp3) is 0.167. The van der Waals surface area contributed by atoms with E-state index in [4.69, 9.17) is 0 Å². The van der Waals surface area contributed by atoms with Crippen LogP contribution in [0.1, 0.15) is 26.3 Å². The number of nitrogens with one attached hydrogen (secondary N) is 1. The Labute approximate surface area is 134 Å². The maximum Gasteiger partial charge on any atom is 0.255 e. The van der Waals surface area contributed by atoms with Crippen molar-refractivity contribution in [1.82, 2.24) is 4.90 Å². The number of likely N-dealkylation sites (N-methyl/N-ethyl adjacent to an activating group) is 1. The molecule has 118 valence electrons. The fourth-order valence-corrected chi connectivity index (χ4v) is 2.03. The second-order valence-electron chi connectivity index (χ2n) is 5.23. The van der Waals surface area contributed by atoms with Gasteiger partial charge in [0.2, 0.25) is 6.41 Å². The number of carbonyl (C=O) groups excluding carboxylic acids is 3. The maximum atomic E-state index is 12.1. The molecule has 0 aliphatic carbocycles. The molecule has 0 fully saturated rings. The number of anilines is 1. The van der Waals surface area contributed by atoms with Crippen molar-refractivity contribution in [3.05, 3.63) is 65.2 Å². The lowest BCUT2D eigenvalue weighted by molar-refractivity contribution is -0.116. The molecule has 0 bridgehead atoms. The molecule has 0 aliphatic rings. The normalized spacial score (nSPS) is 9.96. The Hall–Kier alpha value is -2.95. The van der Waals surface area contributed by atoms with Gasteiger partial charge in [-0.05, 0) is 36.2 Å². The molecule has 0 saturated carbocycles. The molecule has 0 atom stereocenters. The highest BCUT2D eigenvalue weighted by Crippen LogP contribution is 2.12. The van der Waals surface area contributed by atoms with Gasteiger partial charge in [-0.2, -0.15) is 0 Å². The van der Waals surface area contributed by atoms with Crippen LogP contribution < -0.4 is 5.32 Å². The van der Waals surface area contributed by atoms with Crippen molar-refractivity contribution in [3.63, 3.8) is 0 Å². The third-order valence-electron chi connectivity index (χ3n) is 3.45. The van der Waals surface area contributed by atoms with E-state index in [-0.39, 0.29) is 5.91 Å². The summed E-state index contributed by atoms with van der Waals surface area (Å²) >= 11 is 0. The summed E-state index contributed by atoms with van der Waals surface area (Å²) in [6, 6.07) is 13.9. The Morgan fingerprint density at radius 3 is 2.26 bits per heavy atom. The van der Waals surface area contributed by atoms with E-state index in [1.807, 2.05) is 24.3 Å². The SMILES string of the molecule is CN(C=O)CCc1ccc(NC(=O)c2ccc(C=O)cc2)cc1. The summed E-state index contributed by atoms with van der Waals surface area (Å²) in [5.74, 6) is -0.226. The predicted octanol–water partition coefficient (Wildman–Crippen LogP) is 2.38. The molecule has 5 heteroatoms. The number of nitrogens with zero attached hydrogens (tertiary/aromatic N) is 1. The second kappa shape index (κ2) is 7.89. The Morgan fingerprint density at radius 1 is 1.04 bits per heavy atom. The van der Waals surface area contributed by atoms with Gasteiger partial charge in [-0.25, -0.2) is 0 Å². The number of hydrogen-bond donors (Lipinski definition) is 1. The van der Waals surface area contributed by atoms with Gasteiger partial charge in [0.1, 0.15) is 6.29 Å². The Morgan fingerprint density at radius 2 is 1.70 bits per heavy atom. The molecule has 0 aliphatic heterocycles. The molecule has 0 saturated heterocycles. The van der Waals surface area contributed by atoms with Gasteiger partial charge in [0.25, 0.3) is 5.91 Å². The number of carbonyl (C=O) groups is 3. The predicted molar refractivity (Wildman–Crippen MR) is 88.6 cm³/mol. The van der Waals surface area contributed by atoms with Crippen molar-refractivity contribution in [1.29, 1.82) is 0 Å². The van der Waals surface area contributed by atoms with E-state index < -0.39 is 0 Å². The van der Waals surface area contributed by atoms with Crippen LogP contribution in [0.2, 0.25) is 0 Å². The van der Waals surface area contributed by atoms with Gasteiger partial charge < -0.3 is 10.2 Å². The molecule has 0 heterocycles. The van der Waals surface area contributed by atoms with Crippen LogP contribution >= 0.6 is 0 Å². The first-order valence-electron chi connectivity index (χ1n) is 7.23. The van der Waals surface area contributed by atoms with E-state index in [1.54, 1.807) is 36.2 Å². The highest BCUT2D eigenvalue weighted by molar-refractivity contribution is 6.04. The quantitative estimate of drug-likeness (QED) is 0.799. The van der Waals surface area contributed by atoms with Gasteiger partial charge in [0, 0.05) is 30.4 Å². The first kappa shape index (κ1) is 16.4. The molecule has 2 aromatic carbocycles.